The van der Waals surface area contributed by atoms with E-state index in [4.69, 9.17) is 18.9 Å². The lowest BCUT2D eigenvalue weighted by Crippen LogP contribution is -2.12. The lowest BCUT2D eigenvalue weighted by atomic mass is 10.1. The van der Waals surface area contributed by atoms with E-state index in [9.17, 15) is 9.59 Å². The van der Waals surface area contributed by atoms with Gasteiger partial charge in [0, 0.05) is 17.3 Å². The van der Waals surface area contributed by atoms with Crippen molar-refractivity contribution < 1.29 is 28.5 Å². The summed E-state index contributed by atoms with van der Waals surface area (Å²) in [7, 11) is 3.15. The molecule has 1 amide bonds. The fraction of sp³-hybridized carbons (Fsp3) is 0.125. The molecule has 0 saturated carbocycles. The van der Waals surface area contributed by atoms with Gasteiger partial charge in [0.15, 0.2) is 11.5 Å². The van der Waals surface area contributed by atoms with Crippen LogP contribution in [0.3, 0.4) is 0 Å². The van der Waals surface area contributed by atoms with Crippen LogP contribution in [0.1, 0.15) is 27.0 Å². The zero-order chi connectivity index (χ0) is 27.6. The quantitative estimate of drug-likeness (QED) is 0.146. The first kappa shape index (κ1) is 27.0. The van der Waals surface area contributed by atoms with Gasteiger partial charge in [-0.05, 0) is 90.4 Å². The van der Waals surface area contributed by atoms with Crippen molar-refractivity contribution in [2.45, 2.75) is 13.5 Å². The van der Waals surface area contributed by atoms with Crippen LogP contribution in [0.4, 0.5) is 5.69 Å². The zero-order valence-electron chi connectivity index (χ0n) is 22.0. The van der Waals surface area contributed by atoms with E-state index in [0.717, 1.165) is 16.7 Å². The molecule has 0 atom stereocenters. The zero-order valence-corrected chi connectivity index (χ0v) is 22.0. The maximum absolute atomic E-state index is 12.5. The fourth-order valence-electron chi connectivity index (χ4n) is 3.70. The number of amides is 1. The van der Waals surface area contributed by atoms with E-state index in [1.165, 1.54) is 6.08 Å². The van der Waals surface area contributed by atoms with E-state index >= 15 is 0 Å². The second-order valence-corrected chi connectivity index (χ2v) is 8.59. The molecule has 0 aromatic heterocycles. The van der Waals surface area contributed by atoms with Crippen LogP contribution in [0.25, 0.3) is 6.08 Å². The molecule has 0 saturated heterocycles. The van der Waals surface area contributed by atoms with Crippen molar-refractivity contribution in [3.8, 4) is 23.0 Å². The largest absolute Gasteiger partial charge is 0.497 e. The van der Waals surface area contributed by atoms with Crippen molar-refractivity contribution >= 4 is 23.6 Å². The second-order valence-electron chi connectivity index (χ2n) is 8.59. The van der Waals surface area contributed by atoms with Gasteiger partial charge in [-0.1, -0.05) is 30.3 Å². The average Bonchev–Trinajstić information content (AvgIpc) is 2.96. The third kappa shape index (κ3) is 7.49. The Labute approximate surface area is 227 Å². The number of ether oxygens (including phenoxy) is 4. The number of carbonyl (C=O) groups excluding carboxylic acids is 2. The lowest BCUT2D eigenvalue weighted by Gasteiger charge is -2.12. The number of esters is 1. The predicted octanol–water partition coefficient (Wildman–Crippen LogP) is 6.46. The average molecular weight is 524 g/mol. The Kier molecular flexibility index (Phi) is 8.98. The van der Waals surface area contributed by atoms with Gasteiger partial charge >= 0.3 is 5.97 Å². The Hall–Kier alpha value is -5.04. The highest BCUT2D eigenvalue weighted by molar-refractivity contribution is 6.04. The van der Waals surface area contributed by atoms with Crippen molar-refractivity contribution in [3.63, 3.8) is 0 Å². The molecule has 0 spiro atoms. The van der Waals surface area contributed by atoms with Crippen LogP contribution in [0.5, 0.6) is 23.0 Å². The smallest absolute Gasteiger partial charge is 0.336 e. The number of nitrogens with one attached hydrogen (secondary N) is 1. The molecular formula is C32H29NO6. The lowest BCUT2D eigenvalue weighted by molar-refractivity contribution is -0.128. The summed E-state index contributed by atoms with van der Waals surface area (Å²) in [5.41, 5.74) is 4.07. The minimum atomic E-state index is -0.552. The van der Waals surface area contributed by atoms with Gasteiger partial charge in [-0.15, -0.1) is 0 Å². The molecule has 39 heavy (non-hydrogen) atoms. The standard InChI is InChI=1S/C32H29NO6/c1-22-6-4-5-7-25(22)21-38-29-18-8-23(20-30(29)37-3)9-19-31(34)39-28-14-10-24(11-15-28)32(35)33-26-12-16-27(36-2)17-13-26/h4-20H,21H2,1-3H3,(H,33,35)/b19-9+. The molecule has 0 radical (unpaired) electrons. The SMILES string of the molecule is COc1ccc(NC(=O)c2ccc(OC(=O)/C=C/c3ccc(OCc4ccccc4C)c(OC)c3)cc2)cc1. The Morgan fingerprint density at radius 1 is 0.795 bits per heavy atom. The fourth-order valence-corrected chi connectivity index (χ4v) is 3.70. The Balaban J connectivity index is 1.32. The van der Waals surface area contributed by atoms with E-state index in [1.54, 1.807) is 81.0 Å². The number of methoxy groups -OCH3 is 2. The van der Waals surface area contributed by atoms with Crippen LogP contribution in [0.2, 0.25) is 0 Å². The number of hydrogen-bond acceptors (Lipinski definition) is 6. The van der Waals surface area contributed by atoms with Gasteiger partial charge in [0.05, 0.1) is 14.2 Å². The predicted molar refractivity (Wildman–Crippen MR) is 151 cm³/mol. The van der Waals surface area contributed by atoms with Crippen molar-refractivity contribution in [1.82, 2.24) is 0 Å². The summed E-state index contributed by atoms with van der Waals surface area (Å²) in [5, 5.41) is 2.81. The molecule has 7 nitrogen and oxygen atoms in total. The second kappa shape index (κ2) is 13.0. The van der Waals surface area contributed by atoms with Crippen molar-refractivity contribution in [1.29, 1.82) is 0 Å². The summed E-state index contributed by atoms with van der Waals surface area (Å²) >= 11 is 0. The first-order valence-corrected chi connectivity index (χ1v) is 12.3. The molecule has 7 heteroatoms. The van der Waals surface area contributed by atoms with Crippen LogP contribution < -0.4 is 24.3 Å². The Morgan fingerprint density at radius 3 is 2.21 bits per heavy atom. The van der Waals surface area contributed by atoms with Gasteiger partial charge in [0.1, 0.15) is 18.1 Å². The highest BCUT2D eigenvalue weighted by Crippen LogP contribution is 2.29. The van der Waals surface area contributed by atoms with Crippen LogP contribution in [0, 0.1) is 6.92 Å². The van der Waals surface area contributed by atoms with Gasteiger partial charge in [-0.2, -0.15) is 0 Å². The molecule has 0 fully saturated rings. The normalized spacial score (nSPS) is 10.6. The molecular weight excluding hydrogens is 494 g/mol. The van der Waals surface area contributed by atoms with Crippen LogP contribution in [-0.2, 0) is 11.4 Å². The number of benzene rings is 4. The van der Waals surface area contributed by atoms with E-state index in [0.29, 0.717) is 40.9 Å². The molecule has 1 N–H and O–H groups in total. The highest BCUT2D eigenvalue weighted by atomic mass is 16.5. The van der Waals surface area contributed by atoms with Crippen LogP contribution in [-0.4, -0.2) is 26.1 Å². The molecule has 4 rings (SSSR count). The first-order valence-electron chi connectivity index (χ1n) is 12.3. The van der Waals surface area contributed by atoms with E-state index in [-0.39, 0.29) is 5.91 Å². The van der Waals surface area contributed by atoms with E-state index in [1.807, 2.05) is 37.3 Å². The number of carbonyl (C=O) groups is 2. The number of rotatable bonds is 10. The third-order valence-corrected chi connectivity index (χ3v) is 5.93. The molecule has 198 valence electrons. The first-order chi connectivity index (χ1) is 18.9. The topological polar surface area (TPSA) is 83.1 Å². The maximum atomic E-state index is 12.5. The summed E-state index contributed by atoms with van der Waals surface area (Å²) in [6.07, 6.45) is 2.96. The van der Waals surface area contributed by atoms with Gasteiger partial charge < -0.3 is 24.3 Å². The van der Waals surface area contributed by atoms with Crippen molar-refractivity contribution in [3.05, 3.63) is 119 Å². The molecule has 0 aliphatic heterocycles. The van der Waals surface area contributed by atoms with E-state index < -0.39 is 5.97 Å². The molecule has 0 unspecified atom stereocenters. The molecule has 0 aliphatic carbocycles. The van der Waals surface area contributed by atoms with Gasteiger partial charge in [0.2, 0.25) is 0 Å². The minimum Gasteiger partial charge on any atom is -0.497 e. The summed E-state index contributed by atoms with van der Waals surface area (Å²) in [6, 6.07) is 26.8. The van der Waals surface area contributed by atoms with Gasteiger partial charge in [-0.3, -0.25) is 4.79 Å². The van der Waals surface area contributed by atoms with Gasteiger partial charge in [-0.25, -0.2) is 4.79 Å². The van der Waals surface area contributed by atoms with Crippen LogP contribution in [0.15, 0.2) is 97.1 Å². The molecule has 0 bridgehead atoms. The maximum Gasteiger partial charge on any atom is 0.336 e. The Bertz CT molecular complexity index is 1460. The molecule has 0 aliphatic rings. The Morgan fingerprint density at radius 2 is 1.51 bits per heavy atom. The van der Waals surface area contributed by atoms with Gasteiger partial charge in [0.25, 0.3) is 5.91 Å². The monoisotopic (exact) mass is 523 g/mol. The number of aryl methyl sites for hydroxylation is 1. The van der Waals surface area contributed by atoms with Crippen LogP contribution >= 0.6 is 0 Å². The minimum absolute atomic E-state index is 0.279. The van der Waals surface area contributed by atoms with Crippen molar-refractivity contribution in [2.75, 3.05) is 19.5 Å². The molecule has 4 aromatic carbocycles. The molecule has 0 heterocycles. The van der Waals surface area contributed by atoms with Crippen molar-refractivity contribution in [2.24, 2.45) is 0 Å². The summed E-state index contributed by atoms with van der Waals surface area (Å²) in [4.78, 5) is 24.8. The number of anilines is 1. The van der Waals surface area contributed by atoms with E-state index in [2.05, 4.69) is 5.32 Å². The summed E-state index contributed by atoms with van der Waals surface area (Å²) in [6.45, 7) is 2.46. The third-order valence-electron chi connectivity index (χ3n) is 5.93. The summed E-state index contributed by atoms with van der Waals surface area (Å²) < 4.78 is 21.9. The highest BCUT2D eigenvalue weighted by Gasteiger charge is 2.09. The number of hydrogen-bond donors (Lipinski definition) is 1. The molecule has 4 aromatic rings. The summed E-state index contributed by atoms with van der Waals surface area (Å²) in [5.74, 6) is 1.36.